The molecule has 246 valence electrons. The minimum Gasteiger partial charge on any atom is -0.492 e. The number of piperidine rings is 1. The van der Waals surface area contributed by atoms with Crippen molar-refractivity contribution in [3.63, 3.8) is 0 Å². The van der Waals surface area contributed by atoms with E-state index in [1.165, 1.54) is 30.6 Å². The van der Waals surface area contributed by atoms with Crippen molar-refractivity contribution in [2.24, 2.45) is 0 Å². The summed E-state index contributed by atoms with van der Waals surface area (Å²) in [6.45, 7) is 3.90. The Balaban J connectivity index is 1.28. The summed E-state index contributed by atoms with van der Waals surface area (Å²) in [7, 11) is -5.88. The molecule has 0 bridgehead atoms. The Morgan fingerprint density at radius 2 is 1.49 bits per heavy atom. The molecule has 6 nitrogen and oxygen atoms in total. The van der Waals surface area contributed by atoms with Gasteiger partial charge in [0, 0.05) is 16.6 Å². The van der Waals surface area contributed by atoms with Gasteiger partial charge in [-0.25, -0.2) is 12.8 Å². The quantitative estimate of drug-likeness (QED) is 0.129. The molecule has 0 spiro atoms. The van der Waals surface area contributed by atoms with Crippen LogP contribution in [0.4, 0.5) is 17.6 Å². The first-order valence-corrected chi connectivity index (χ1v) is 17.4. The number of halogens is 4. The summed E-state index contributed by atoms with van der Waals surface area (Å²) in [5.41, 5.74) is -4.50. The third-order valence-electron chi connectivity index (χ3n) is 7.82. The van der Waals surface area contributed by atoms with Crippen molar-refractivity contribution in [3.05, 3.63) is 102 Å². The van der Waals surface area contributed by atoms with Gasteiger partial charge >= 0.3 is 5.51 Å². The maximum absolute atomic E-state index is 15.0. The molecule has 6 rings (SSSR count). The number of sulfone groups is 1. The van der Waals surface area contributed by atoms with Crippen LogP contribution in [0.5, 0.6) is 23.0 Å². The van der Waals surface area contributed by atoms with Crippen LogP contribution in [0.3, 0.4) is 0 Å². The van der Waals surface area contributed by atoms with E-state index in [2.05, 4.69) is 4.90 Å². The predicted molar refractivity (Wildman–Crippen MR) is 174 cm³/mol. The van der Waals surface area contributed by atoms with E-state index in [0.717, 1.165) is 37.3 Å². The molecular formula is C35H31F4NO5S2. The van der Waals surface area contributed by atoms with Crippen molar-refractivity contribution in [2.45, 2.75) is 36.3 Å². The van der Waals surface area contributed by atoms with Crippen molar-refractivity contribution in [3.8, 4) is 33.4 Å². The van der Waals surface area contributed by atoms with E-state index in [-0.39, 0.29) is 5.56 Å². The molecule has 0 amide bonds. The summed E-state index contributed by atoms with van der Waals surface area (Å²) in [6.07, 6.45) is 3.68. The fourth-order valence-electron chi connectivity index (χ4n) is 5.36. The van der Waals surface area contributed by atoms with E-state index in [9.17, 15) is 21.6 Å². The van der Waals surface area contributed by atoms with E-state index in [4.69, 9.17) is 14.2 Å². The molecule has 0 atom stereocenters. The number of fused-ring (bicyclic) bond motifs is 1. The topological polar surface area (TPSA) is 65.1 Å². The second-order valence-corrected chi connectivity index (χ2v) is 14.1. The van der Waals surface area contributed by atoms with Gasteiger partial charge in [0.25, 0.3) is 9.84 Å². The number of nitrogens with zero attached hydrogens (tertiary/aromatic N) is 1. The summed E-state index contributed by atoms with van der Waals surface area (Å²) >= 11 is 1.21. The normalized spacial score (nSPS) is 14.3. The number of benzene rings is 4. The molecule has 47 heavy (non-hydrogen) atoms. The zero-order valence-corrected chi connectivity index (χ0v) is 26.8. The van der Waals surface area contributed by atoms with E-state index in [1.54, 1.807) is 42.5 Å². The van der Waals surface area contributed by atoms with Gasteiger partial charge in [-0.2, -0.15) is 13.2 Å². The van der Waals surface area contributed by atoms with Crippen molar-refractivity contribution < 1.29 is 40.2 Å². The Hall–Kier alpha value is -4.13. The maximum atomic E-state index is 15.0. The van der Waals surface area contributed by atoms with Gasteiger partial charge in [0.2, 0.25) is 0 Å². The molecule has 0 unspecified atom stereocenters. The molecule has 0 saturated carbocycles. The summed E-state index contributed by atoms with van der Waals surface area (Å²) in [5, 5.41) is 0.659. The molecule has 1 saturated heterocycles. The van der Waals surface area contributed by atoms with Gasteiger partial charge in [0.05, 0.1) is 4.88 Å². The second-order valence-electron chi connectivity index (χ2n) is 11.1. The minimum atomic E-state index is -5.88. The van der Waals surface area contributed by atoms with Gasteiger partial charge in [0.1, 0.15) is 41.2 Å². The lowest BCUT2D eigenvalue weighted by Gasteiger charge is -2.26. The van der Waals surface area contributed by atoms with Crippen LogP contribution in [0.15, 0.2) is 95.9 Å². The van der Waals surface area contributed by atoms with Crippen LogP contribution in [-0.2, 0) is 16.4 Å². The van der Waals surface area contributed by atoms with Crippen LogP contribution in [0.2, 0.25) is 0 Å². The molecule has 0 radical (unpaired) electrons. The SMILES string of the molecule is O=S(=O)(c1ccc(-c2sc3cc(OCc4ccccc4)ccc3c2Oc2ccc(OCCN3CCCCC3)cc2)cc1F)C(F)(F)F. The number of ether oxygens (including phenoxy) is 3. The smallest absolute Gasteiger partial charge is 0.492 e. The Labute approximate surface area is 274 Å². The molecule has 5 aromatic rings. The highest BCUT2D eigenvalue weighted by Crippen LogP contribution is 2.48. The van der Waals surface area contributed by atoms with Crippen molar-refractivity contribution in [2.75, 3.05) is 26.2 Å². The first kappa shape index (κ1) is 32.8. The van der Waals surface area contributed by atoms with Gasteiger partial charge in [0.15, 0.2) is 5.75 Å². The van der Waals surface area contributed by atoms with Gasteiger partial charge in [-0.05, 0) is 91.7 Å². The lowest BCUT2D eigenvalue weighted by molar-refractivity contribution is -0.0437. The molecule has 1 fully saturated rings. The van der Waals surface area contributed by atoms with Gasteiger partial charge in [-0.1, -0.05) is 42.8 Å². The number of hydrogen-bond acceptors (Lipinski definition) is 7. The Morgan fingerprint density at radius 1 is 0.787 bits per heavy atom. The van der Waals surface area contributed by atoms with Crippen LogP contribution in [-0.4, -0.2) is 45.1 Å². The third kappa shape index (κ3) is 7.55. The first-order valence-electron chi connectivity index (χ1n) is 15.1. The lowest BCUT2D eigenvalue weighted by atomic mass is 10.1. The molecule has 1 aliphatic rings. The molecule has 12 heteroatoms. The summed E-state index contributed by atoms with van der Waals surface area (Å²) in [4.78, 5) is 1.35. The van der Waals surface area contributed by atoms with Crippen molar-refractivity contribution >= 4 is 31.3 Å². The number of rotatable bonds is 11. The minimum absolute atomic E-state index is 0.157. The maximum Gasteiger partial charge on any atom is 0.502 e. The van der Waals surface area contributed by atoms with Crippen LogP contribution in [0, 0.1) is 5.82 Å². The first-order chi connectivity index (χ1) is 22.6. The Kier molecular flexibility index (Phi) is 9.72. The lowest BCUT2D eigenvalue weighted by Crippen LogP contribution is -2.33. The molecule has 0 N–H and O–H groups in total. The number of alkyl halides is 3. The molecule has 0 aliphatic carbocycles. The number of thiophene rings is 1. The molecule has 1 aliphatic heterocycles. The highest BCUT2D eigenvalue weighted by atomic mass is 32.2. The summed E-state index contributed by atoms with van der Waals surface area (Å²) in [5.74, 6) is 0.527. The summed E-state index contributed by atoms with van der Waals surface area (Å²) in [6, 6.07) is 24.6. The molecular weight excluding hydrogens is 655 g/mol. The zero-order chi connectivity index (χ0) is 33.0. The van der Waals surface area contributed by atoms with Crippen molar-refractivity contribution in [1.29, 1.82) is 0 Å². The van der Waals surface area contributed by atoms with E-state index in [1.807, 2.05) is 30.3 Å². The van der Waals surface area contributed by atoms with Crippen LogP contribution in [0.1, 0.15) is 24.8 Å². The predicted octanol–water partition coefficient (Wildman–Crippen LogP) is 9.24. The molecule has 2 heterocycles. The van der Waals surface area contributed by atoms with Gasteiger partial charge in [-0.15, -0.1) is 11.3 Å². The van der Waals surface area contributed by atoms with Crippen LogP contribution in [0.25, 0.3) is 20.5 Å². The summed E-state index contributed by atoms with van der Waals surface area (Å²) < 4.78 is 97.3. The average Bonchev–Trinajstić information content (AvgIpc) is 3.42. The van der Waals surface area contributed by atoms with Gasteiger partial charge < -0.3 is 14.2 Å². The second kappa shape index (κ2) is 13.9. The van der Waals surface area contributed by atoms with Crippen molar-refractivity contribution in [1.82, 2.24) is 4.90 Å². The molecule has 4 aromatic carbocycles. The Bertz CT molecular complexity index is 1940. The largest absolute Gasteiger partial charge is 0.502 e. The fourth-order valence-corrected chi connectivity index (χ4v) is 7.32. The fraction of sp³-hybridized carbons (Fsp3) is 0.257. The number of hydrogen-bond donors (Lipinski definition) is 0. The standard InChI is InChI=1S/C35H31F4NO5S2/c36-30-21-25(9-16-32(30)47(41,42)35(37,38)39)34-33(29-15-14-28(22-31(29)46-34)44-23-24-7-3-1-4-8-24)45-27-12-10-26(11-13-27)43-20-19-40-17-5-2-6-18-40/h1,3-4,7-16,21-22H,2,5-6,17-20,23H2. The van der Waals surface area contributed by atoms with E-state index < -0.39 is 26.1 Å². The zero-order valence-electron chi connectivity index (χ0n) is 25.1. The number of likely N-dealkylation sites (tertiary alicyclic amines) is 1. The van der Waals surface area contributed by atoms with Crippen LogP contribution < -0.4 is 14.2 Å². The van der Waals surface area contributed by atoms with E-state index in [0.29, 0.717) is 57.2 Å². The third-order valence-corrected chi connectivity index (χ3v) is 10.5. The van der Waals surface area contributed by atoms with E-state index >= 15 is 4.39 Å². The highest BCUT2D eigenvalue weighted by Gasteiger charge is 2.48. The monoisotopic (exact) mass is 685 g/mol. The average molecular weight is 686 g/mol. The Morgan fingerprint density at radius 3 is 2.19 bits per heavy atom. The molecule has 1 aromatic heterocycles. The van der Waals surface area contributed by atoms with Crippen LogP contribution >= 0.6 is 11.3 Å². The van der Waals surface area contributed by atoms with Gasteiger partial charge in [-0.3, -0.25) is 4.90 Å². The highest BCUT2D eigenvalue weighted by molar-refractivity contribution is 7.92.